The highest BCUT2D eigenvalue weighted by Crippen LogP contribution is 2.25. The molecule has 1 aromatic carbocycles. The number of carbonyl (C=O) groups is 2. The van der Waals surface area contributed by atoms with Gasteiger partial charge in [-0.15, -0.1) is 0 Å². The highest BCUT2D eigenvalue weighted by atomic mass is 32.1. The first-order valence-corrected chi connectivity index (χ1v) is 8.98. The van der Waals surface area contributed by atoms with Gasteiger partial charge in [-0.2, -0.15) is 0 Å². The quantitative estimate of drug-likeness (QED) is 0.686. The van der Waals surface area contributed by atoms with Gasteiger partial charge >= 0.3 is 5.97 Å². The fourth-order valence-corrected chi connectivity index (χ4v) is 3.32. The molecule has 136 valence electrons. The maximum absolute atomic E-state index is 12.3. The number of benzene rings is 1. The van der Waals surface area contributed by atoms with Crippen LogP contribution in [0.3, 0.4) is 0 Å². The molecule has 0 aliphatic heterocycles. The van der Waals surface area contributed by atoms with E-state index < -0.39 is 5.97 Å². The second-order valence-electron chi connectivity index (χ2n) is 6.24. The van der Waals surface area contributed by atoms with E-state index in [4.69, 9.17) is 9.26 Å². The first-order chi connectivity index (χ1) is 12.3. The van der Waals surface area contributed by atoms with Gasteiger partial charge in [0, 0.05) is 5.39 Å². The van der Waals surface area contributed by atoms with E-state index >= 15 is 0 Å². The average molecular weight is 373 g/mol. The van der Waals surface area contributed by atoms with Crippen molar-refractivity contribution in [2.45, 2.75) is 40.2 Å². The molecule has 0 bridgehead atoms. The molecule has 0 atom stereocenters. The van der Waals surface area contributed by atoms with Crippen molar-refractivity contribution in [1.82, 2.24) is 10.1 Å². The van der Waals surface area contributed by atoms with E-state index in [2.05, 4.69) is 15.5 Å². The maximum Gasteiger partial charge on any atom is 0.350 e. The molecule has 26 heavy (non-hydrogen) atoms. The van der Waals surface area contributed by atoms with Gasteiger partial charge in [0.2, 0.25) is 5.91 Å². The molecule has 0 fully saturated rings. The molecular weight excluding hydrogens is 354 g/mol. The number of anilines is 1. The van der Waals surface area contributed by atoms with Crippen LogP contribution in [0.4, 0.5) is 5.13 Å². The fourth-order valence-electron chi connectivity index (χ4n) is 2.45. The summed E-state index contributed by atoms with van der Waals surface area (Å²) in [7, 11) is 0. The Bertz CT molecular complexity index is 974. The highest BCUT2D eigenvalue weighted by molar-refractivity contribution is 7.17. The second kappa shape index (κ2) is 7.25. The minimum absolute atomic E-state index is 0.0564. The molecule has 1 amide bonds. The van der Waals surface area contributed by atoms with Crippen molar-refractivity contribution in [2.75, 3.05) is 5.32 Å². The highest BCUT2D eigenvalue weighted by Gasteiger charge is 2.20. The third-order valence-corrected chi connectivity index (χ3v) is 4.65. The summed E-state index contributed by atoms with van der Waals surface area (Å²) in [5.74, 6) is -0.715. The van der Waals surface area contributed by atoms with Gasteiger partial charge in [0.1, 0.15) is 10.6 Å². The Balaban J connectivity index is 1.72. The number of ether oxygens (including phenoxy) is 1. The summed E-state index contributed by atoms with van der Waals surface area (Å²) in [6.45, 7) is 7.23. The van der Waals surface area contributed by atoms with Gasteiger partial charge in [0.25, 0.3) is 0 Å². The molecule has 0 saturated heterocycles. The summed E-state index contributed by atoms with van der Waals surface area (Å²) in [6, 6.07) is 5.69. The molecule has 0 saturated carbocycles. The van der Waals surface area contributed by atoms with Gasteiger partial charge in [0.15, 0.2) is 10.7 Å². The first kappa shape index (κ1) is 18.1. The molecule has 7 nitrogen and oxygen atoms in total. The van der Waals surface area contributed by atoms with Gasteiger partial charge < -0.3 is 14.6 Å². The van der Waals surface area contributed by atoms with E-state index in [1.165, 1.54) is 0 Å². The van der Waals surface area contributed by atoms with Crippen molar-refractivity contribution >= 4 is 39.3 Å². The number of nitrogens with one attached hydrogen (secondary N) is 1. The van der Waals surface area contributed by atoms with Gasteiger partial charge in [-0.05, 0) is 39.8 Å². The van der Waals surface area contributed by atoms with E-state index in [9.17, 15) is 9.59 Å². The summed E-state index contributed by atoms with van der Waals surface area (Å²) < 4.78 is 10.4. The number of nitrogens with zero attached hydrogens (tertiary/aromatic N) is 2. The molecule has 0 spiro atoms. The molecular formula is C18H19N3O4S. The predicted molar refractivity (Wildman–Crippen MR) is 98.5 cm³/mol. The smallest absolute Gasteiger partial charge is 0.350 e. The SMILES string of the molecule is Cc1ccc2onc(CC(=O)Nc3nc(C)c(C(=O)OC(C)C)s3)c2c1. The van der Waals surface area contributed by atoms with Crippen molar-refractivity contribution in [3.8, 4) is 0 Å². The van der Waals surface area contributed by atoms with Gasteiger partial charge in [-0.1, -0.05) is 28.1 Å². The summed E-state index contributed by atoms with van der Waals surface area (Å²) in [5.41, 5.74) is 2.79. The zero-order valence-corrected chi connectivity index (χ0v) is 15.8. The molecule has 3 rings (SSSR count). The van der Waals surface area contributed by atoms with Crippen molar-refractivity contribution in [3.05, 3.63) is 40.0 Å². The Labute approximate surface area is 154 Å². The van der Waals surface area contributed by atoms with Crippen molar-refractivity contribution in [2.24, 2.45) is 0 Å². The maximum atomic E-state index is 12.3. The van der Waals surface area contributed by atoms with Crippen molar-refractivity contribution in [1.29, 1.82) is 0 Å². The number of rotatable bonds is 5. The number of hydrogen-bond acceptors (Lipinski definition) is 7. The molecule has 0 radical (unpaired) electrons. The summed E-state index contributed by atoms with van der Waals surface area (Å²) in [6.07, 6.45) is -0.160. The lowest BCUT2D eigenvalue weighted by molar-refractivity contribution is -0.115. The zero-order chi connectivity index (χ0) is 18.8. The summed E-state index contributed by atoms with van der Waals surface area (Å²) >= 11 is 1.10. The van der Waals surface area contributed by atoms with Crippen molar-refractivity contribution in [3.63, 3.8) is 0 Å². The molecule has 8 heteroatoms. The van der Waals surface area contributed by atoms with Crippen LogP contribution in [-0.4, -0.2) is 28.1 Å². The van der Waals surface area contributed by atoms with E-state index in [0.717, 1.165) is 22.3 Å². The average Bonchev–Trinajstić information content (AvgIpc) is 3.10. The van der Waals surface area contributed by atoms with Crippen LogP contribution in [0.1, 0.15) is 40.5 Å². The number of fused-ring (bicyclic) bond motifs is 1. The third kappa shape index (κ3) is 3.91. The Hall–Kier alpha value is -2.74. The number of aromatic nitrogens is 2. The number of carbonyl (C=O) groups excluding carboxylic acids is 2. The van der Waals surface area contributed by atoms with Gasteiger partial charge in [-0.3, -0.25) is 4.79 Å². The first-order valence-electron chi connectivity index (χ1n) is 8.16. The summed E-state index contributed by atoms with van der Waals surface area (Å²) in [4.78, 5) is 29.0. The molecule has 2 aromatic heterocycles. The number of amides is 1. The normalized spacial score (nSPS) is 11.1. The lowest BCUT2D eigenvalue weighted by Gasteiger charge is -2.05. The van der Waals surface area contributed by atoms with Gasteiger partial charge in [0.05, 0.1) is 18.2 Å². The van der Waals surface area contributed by atoms with Crippen LogP contribution in [0.15, 0.2) is 22.7 Å². The molecule has 0 unspecified atom stereocenters. The zero-order valence-electron chi connectivity index (χ0n) is 15.0. The minimum Gasteiger partial charge on any atom is -0.459 e. The Morgan fingerprint density at radius 3 is 2.81 bits per heavy atom. The Kier molecular flexibility index (Phi) is 5.03. The van der Waals surface area contributed by atoms with E-state index in [1.54, 1.807) is 20.8 Å². The predicted octanol–water partition coefficient (Wildman–Crippen LogP) is 3.65. The van der Waals surface area contributed by atoms with E-state index in [1.807, 2.05) is 25.1 Å². The molecule has 0 aliphatic carbocycles. The second-order valence-corrected chi connectivity index (χ2v) is 7.24. The van der Waals surface area contributed by atoms with Crippen LogP contribution in [0, 0.1) is 13.8 Å². The Morgan fingerprint density at radius 2 is 2.08 bits per heavy atom. The van der Waals surface area contributed by atoms with Crippen molar-refractivity contribution < 1.29 is 18.8 Å². The molecule has 3 aromatic rings. The van der Waals surface area contributed by atoms with Crippen LogP contribution in [0.5, 0.6) is 0 Å². The van der Waals surface area contributed by atoms with Crippen LogP contribution < -0.4 is 5.32 Å². The Morgan fingerprint density at radius 1 is 1.31 bits per heavy atom. The van der Waals surface area contributed by atoms with Crippen LogP contribution in [-0.2, 0) is 16.0 Å². The molecule has 1 N–H and O–H groups in total. The third-order valence-electron chi connectivity index (χ3n) is 3.60. The lowest BCUT2D eigenvalue weighted by atomic mass is 10.1. The van der Waals surface area contributed by atoms with Crippen LogP contribution >= 0.6 is 11.3 Å². The van der Waals surface area contributed by atoms with Crippen LogP contribution in [0.25, 0.3) is 11.0 Å². The monoisotopic (exact) mass is 373 g/mol. The number of thiazole rings is 1. The topological polar surface area (TPSA) is 94.3 Å². The molecule has 2 heterocycles. The largest absolute Gasteiger partial charge is 0.459 e. The van der Waals surface area contributed by atoms with Gasteiger partial charge in [-0.25, -0.2) is 9.78 Å². The van der Waals surface area contributed by atoms with Crippen LogP contribution in [0.2, 0.25) is 0 Å². The van der Waals surface area contributed by atoms with E-state index in [0.29, 0.717) is 27.0 Å². The fraction of sp³-hybridized carbons (Fsp3) is 0.333. The standard InChI is InChI=1S/C18H19N3O4S/c1-9(2)24-17(23)16-11(4)19-18(26-16)20-15(22)8-13-12-7-10(3)5-6-14(12)25-21-13/h5-7,9H,8H2,1-4H3,(H,19,20,22). The van der Waals surface area contributed by atoms with E-state index in [-0.39, 0.29) is 18.4 Å². The summed E-state index contributed by atoms with van der Waals surface area (Å²) in [5, 5.41) is 7.85. The lowest BCUT2D eigenvalue weighted by Crippen LogP contribution is -2.14. The molecule has 0 aliphatic rings. The number of aryl methyl sites for hydroxylation is 2. The minimum atomic E-state index is -0.437. The number of hydrogen-bond donors (Lipinski definition) is 1. The number of esters is 1.